The predicted octanol–water partition coefficient (Wildman–Crippen LogP) is 2.23. The molecule has 1 aliphatic rings. The Labute approximate surface area is 164 Å². The summed E-state index contributed by atoms with van der Waals surface area (Å²) in [6, 6.07) is 2.78. The van der Waals surface area contributed by atoms with Crippen LogP contribution in [0.1, 0.15) is 37.9 Å². The van der Waals surface area contributed by atoms with Crippen LogP contribution in [0.5, 0.6) is 0 Å². The summed E-state index contributed by atoms with van der Waals surface area (Å²) in [5.74, 6) is 0. The molecule has 0 aromatic carbocycles. The summed E-state index contributed by atoms with van der Waals surface area (Å²) in [4.78, 5) is 20.7. The first kappa shape index (κ1) is 21.5. The van der Waals surface area contributed by atoms with Crippen molar-refractivity contribution in [2.75, 3.05) is 52.1 Å². The molecular formula is C21H35N5O. The number of allylic oxidation sites excluding steroid dienone is 1. The number of carbonyl (C=O) groups excluding carboxylic acids is 1. The number of nitrogens with one attached hydrogen (secondary N) is 2. The highest BCUT2D eigenvalue weighted by atomic mass is 16.1. The van der Waals surface area contributed by atoms with Crippen molar-refractivity contribution in [1.82, 2.24) is 20.1 Å². The Morgan fingerprint density at radius 1 is 1.30 bits per heavy atom. The first-order chi connectivity index (χ1) is 13.1. The molecular weight excluding hydrogens is 338 g/mol. The van der Waals surface area contributed by atoms with E-state index in [0.29, 0.717) is 12.5 Å². The van der Waals surface area contributed by atoms with Gasteiger partial charge in [-0.05, 0) is 56.6 Å². The molecule has 2 heterocycles. The molecule has 2 N–H and O–H groups in total. The second kappa shape index (κ2) is 11.2. The van der Waals surface area contributed by atoms with Gasteiger partial charge in [0.15, 0.2) is 0 Å². The van der Waals surface area contributed by atoms with Crippen molar-refractivity contribution in [3.05, 3.63) is 29.1 Å². The lowest BCUT2D eigenvalue weighted by molar-refractivity contribution is -0.104. The van der Waals surface area contributed by atoms with E-state index < -0.39 is 0 Å². The van der Waals surface area contributed by atoms with Crippen LogP contribution < -0.4 is 10.6 Å². The summed E-state index contributed by atoms with van der Waals surface area (Å²) in [7, 11) is 3.91. The van der Waals surface area contributed by atoms with Crippen LogP contribution in [0.2, 0.25) is 0 Å². The molecule has 0 aliphatic carbocycles. The third-order valence-corrected chi connectivity index (χ3v) is 5.37. The summed E-state index contributed by atoms with van der Waals surface area (Å²) < 4.78 is 0. The van der Waals surface area contributed by atoms with E-state index in [9.17, 15) is 4.79 Å². The first-order valence-electron chi connectivity index (χ1n) is 10.0. The molecule has 0 spiro atoms. The van der Waals surface area contributed by atoms with Gasteiger partial charge in [-0.3, -0.25) is 19.6 Å². The average Bonchev–Trinajstić information content (AvgIpc) is 2.71. The van der Waals surface area contributed by atoms with Gasteiger partial charge in [0, 0.05) is 52.0 Å². The number of rotatable bonds is 10. The summed E-state index contributed by atoms with van der Waals surface area (Å²) in [5.41, 5.74) is 3.76. The van der Waals surface area contributed by atoms with Gasteiger partial charge >= 0.3 is 0 Å². The molecule has 0 amide bonds. The van der Waals surface area contributed by atoms with Gasteiger partial charge in [0.2, 0.25) is 0 Å². The third-order valence-electron chi connectivity index (χ3n) is 5.37. The Kier molecular flexibility index (Phi) is 8.91. The van der Waals surface area contributed by atoms with E-state index in [2.05, 4.69) is 38.4 Å². The largest absolute Gasteiger partial charge is 0.386 e. The lowest BCUT2D eigenvalue weighted by atomic mass is 10.1. The minimum absolute atomic E-state index is 0.633. The summed E-state index contributed by atoms with van der Waals surface area (Å²) in [6.45, 7) is 10.7. The molecule has 1 saturated heterocycles. The Bertz CT molecular complexity index is 623. The van der Waals surface area contributed by atoms with Crippen LogP contribution in [0.15, 0.2) is 17.8 Å². The highest BCUT2D eigenvalue weighted by Crippen LogP contribution is 2.20. The highest BCUT2D eigenvalue weighted by Gasteiger charge is 2.21. The minimum Gasteiger partial charge on any atom is -0.386 e. The zero-order chi connectivity index (χ0) is 19.6. The van der Waals surface area contributed by atoms with Crippen LogP contribution in [0.3, 0.4) is 0 Å². The molecule has 27 heavy (non-hydrogen) atoms. The monoisotopic (exact) mass is 373 g/mol. The molecule has 0 saturated carbocycles. The van der Waals surface area contributed by atoms with Gasteiger partial charge in [-0.25, -0.2) is 0 Å². The van der Waals surface area contributed by atoms with Crippen molar-refractivity contribution in [1.29, 1.82) is 0 Å². The Balaban J connectivity index is 1.95. The highest BCUT2D eigenvalue weighted by molar-refractivity contribution is 5.83. The summed E-state index contributed by atoms with van der Waals surface area (Å²) in [5, 5.41) is 6.45. The normalized spacial score (nSPS) is 17.7. The smallest absolute Gasteiger partial charge is 0.146 e. The topological polar surface area (TPSA) is 60.5 Å². The van der Waals surface area contributed by atoms with Gasteiger partial charge in [0.05, 0.1) is 11.4 Å². The van der Waals surface area contributed by atoms with Gasteiger partial charge in [0.1, 0.15) is 6.29 Å². The van der Waals surface area contributed by atoms with Crippen LogP contribution >= 0.6 is 0 Å². The molecule has 1 unspecified atom stereocenters. The lowest BCUT2D eigenvalue weighted by Gasteiger charge is -2.38. The molecule has 1 aromatic rings. The maximum atomic E-state index is 11.1. The second-order valence-electron chi connectivity index (χ2n) is 7.27. The Morgan fingerprint density at radius 2 is 2.04 bits per heavy atom. The number of nitrogens with zero attached hydrogens (tertiary/aromatic N) is 3. The number of hydrogen-bond donors (Lipinski definition) is 2. The SMILES string of the molecule is CC/C(C=O)=C/c1ncc(CN2CCN(C(C)CCNC)CC2)cc1NC. The van der Waals surface area contributed by atoms with E-state index in [1.54, 1.807) is 0 Å². The van der Waals surface area contributed by atoms with Gasteiger partial charge in [-0.2, -0.15) is 0 Å². The summed E-state index contributed by atoms with van der Waals surface area (Å²) in [6.07, 6.45) is 6.63. The van der Waals surface area contributed by atoms with Gasteiger partial charge in [-0.1, -0.05) is 6.92 Å². The maximum Gasteiger partial charge on any atom is 0.146 e. The molecule has 2 rings (SSSR count). The van der Waals surface area contributed by atoms with Crippen molar-refractivity contribution in [3.8, 4) is 0 Å². The van der Waals surface area contributed by atoms with Crippen molar-refractivity contribution in [3.63, 3.8) is 0 Å². The zero-order valence-corrected chi connectivity index (χ0v) is 17.3. The van der Waals surface area contributed by atoms with E-state index in [4.69, 9.17) is 0 Å². The van der Waals surface area contributed by atoms with Gasteiger partial charge in [-0.15, -0.1) is 0 Å². The quantitative estimate of drug-likeness (QED) is 0.484. The zero-order valence-electron chi connectivity index (χ0n) is 17.3. The molecule has 6 heteroatoms. The predicted molar refractivity (Wildman–Crippen MR) is 113 cm³/mol. The standard InChI is InChI=1S/C21H35N5O/c1-5-18(16-27)12-21-20(23-4)13-19(14-24-21)15-25-8-10-26(11-9-25)17(2)6-7-22-3/h12-14,16-17,22-23H,5-11,15H2,1-4H3/b18-12-. The molecule has 1 aromatic heterocycles. The van der Waals surface area contributed by atoms with Crippen LogP contribution in [0, 0.1) is 0 Å². The molecule has 150 valence electrons. The number of hydrogen-bond acceptors (Lipinski definition) is 6. The average molecular weight is 374 g/mol. The Hall–Kier alpha value is -1.76. The third kappa shape index (κ3) is 6.41. The molecule has 0 bridgehead atoms. The maximum absolute atomic E-state index is 11.1. The van der Waals surface area contributed by atoms with Crippen LogP contribution in [-0.4, -0.2) is 73.9 Å². The fourth-order valence-electron chi connectivity index (χ4n) is 3.47. The van der Waals surface area contributed by atoms with Crippen molar-refractivity contribution in [2.24, 2.45) is 0 Å². The number of piperazine rings is 1. The fourth-order valence-corrected chi connectivity index (χ4v) is 3.47. The second-order valence-corrected chi connectivity index (χ2v) is 7.27. The van der Waals surface area contributed by atoms with Crippen molar-refractivity contribution >= 4 is 18.0 Å². The molecule has 1 fully saturated rings. The van der Waals surface area contributed by atoms with Crippen LogP contribution in [0.4, 0.5) is 5.69 Å². The van der Waals surface area contributed by atoms with Gasteiger partial charge in [0.25, 0.3) is 0 Å². The number of aromatic nitrogens is 1. The van der Waals surface area contributed by atoms with Crippen molar-refractivity contribution < 1.29 is 4.79 Å². The van der Waals surface area contributed by atoms with E-state index >= 15 is 0 Å². The molecule has 1 aliphatic heterocycles. The molecule has 1 atom stereocenters. The van der Waals surface area contributed by atoms with Crippen LogP contribution in [0.25, 0.3) is 6.08 Å². The summed E-state index contributed by atoms with van der Waals surface area (Å²) >= 11 is 0. The number of aldehydes is 1. The number of pyridine rings is 1. The van der Waals surface area contributed by atoms with E-state index in [-0.39, 0.29) is 0 Å². The van der Waals surface area contributed by atoms with Crippen LogP contribution in [-0.2, 0) is 11.3 Å². The minimum atomic E-state index is 0.633. The van der Waals surface area contributed by atoms with Crippen molar-refractivity contribution in [2.45, 2.75) is 39.3 Å². The number of anilines is 1. The number of carbonyl (C=O) groups is 1. The fraction of sp³-hybridized carbons (Fsp3) is 0.619. The van der Waals surface area contributed by atoms with E-state index in [1.165, 1.54) is 12.0 Å². The molecule has 6 nitrogen and oxygen atoms in total. The van der Waals surface area contributed by atoms with Gasteiger partial charge < -0.3 is 10.6 Å². The lowest BCUT2D eigenvalue weighted by Crippen LogP contribution is -2.49. The van der Waals surface area contributed by atoms with E-state index in [0.717, 1.165) is 62.5 Å². The van der Waals surface area contributed by atoms with E-state index in [1.807, 2.05) is 33.3 Å². The Morgan fingerprint density at radius 3 is 2.63 bits per heavy atom. The molecule has 0 radical (unpaired) electrons. The first-order valence-corrected chi connectivity index (χ1v) is 10.0.